The summed E-state index contributed by atoms with van der Waals surface area (Å²) in [4.78, 5) is 11.9. The fourth-order valence-electron chi connectivity index (χ4n) is 4.24. The monoisotopic (exact) mass is 604 g/mol. The van der Waals surface area contributed by atoms with Gasteiger partial charge in [-0.1, -0.05) is 12.1 Å². The Kier molecular flexibility index (Phi) is 8.63. The number of benzene rings is 2. The molecule has 0 amide bonds. The molecular weight excluding hydrogens is 578 g/mol. The zero-order valence-electron chi connectivity index (χ0n) is 21.8. The Morgan fingerprint density at radius 2 is 1.56 bits per heavy atom. The molecule has 3 aromatic rings. The summed E-state index contributed by atoms with van der Waals surface area (Å²) < 4.78 is 110. The van der Waals surface area contributed by atoms with Crippen LogP contribution in [0.5, 0.6) is 6.01 Å². The summed E-state index contributed by atoms with van der Waals surface area (Å²) in [6.07, 6.45) is -8.66. The molecule has 16 heteroatoms. The molecule has 41 heavy (non-hydrogen) atoms. The first-order chi connectivity index (χ1) is 19.1. The van der Waals surface area contributed by atoms with E-state index in [1.165, 1.54) is 10.4 Å². The number of hydrogen-bond donors (Lipinski definition) is 2. The number of alkyl halides is 6. The van der Waals surface area contributed by atoms with Crippen molar-refractivity contribution in [2.45, 2.75) is 50.0 Å². The summed E-state index contributed by atoms with van der Waals surface area (Å²) in [6.45, 7) is 2.23. The largest absolute Gasteiger partial charge is 0.454 e. The van der Waals surface area contributed by atoms with Gasteiger partial charge in [0.25, 0.3) is 0 Å². The molecule has 0 aliphatic carbocycles. The summed E-state index contributed by atoms with van der Waals surface area (Å²) in [7, 11) is -3.74. The number of aryl methyl sites for hydroxylation is 2. The lowest BCUT2D eigenvalue weighted by molar-refractivity contribution is -0.154. The van der Waals surface area contributed by atoms with E-state index < -0.39 is 40.6 Å². The van der Waals surface area contributed by atoms with Gasteiger partial charge < -0.3 is 15.4 Å². The number of aromatic nitrogens is 3. The number of sulfonamides is 1. The third-order valence-corrected chi connectivity index (χ3v) is 7.92. The van der Waals surface area contributed by atoms with Crippen molar-refractivity contribution < 1.29 is 39.5 Å². The van der Waals surface area contributed by atoms with Crippen LogP contribution in [0.15, 0.2) is 47.4 Å². The summed E-state index contributed by atoms with van der Waals surface area (Å²) in [5, 5.41) is 5.48. The lowest BCUT2D eigenvalue weighted by Crippen LogP contribution is -2.42. The quantitative estimate of drug-likeness (QED) is 0.327. The minimum atomic E-state index is -4.69. The average molecular weight is 605 g/mol. The van der Waals surface area contributed by atoms with E-state index in [4.69, 9.17) is 0 Å². The van der Waals surface area contributed by atoms with Crippen LogP contribution in [0.2, 0.25) is 0 Å². The molecule has 0 bridgehead atoms. The maximum absolute atomic E-state index is 13.1. The Labute approximate surface area is 232 Å². The molecule has 1 aromatic heterocycles. The Bertz CT molecular complexity index is 1470. The van der Waals surface area contributed by atoms with Crippen LogP contribution in [0.3, 0.4) is 0 Å². The Morgan fingerprint density at radius 3 is 2.17 bits per heavy atom. The van der Waals surface area contributed by atoms with Gasteiger partial charge in [-0.3, -0.25) is 0 Å². The van der Waals surface area contributed by atoms with E-state index in [1.54, 1.807) is 26.0 Å². The SMILES string of the molecule is Cc1cc(C)cc(S(=O)(=O)N2CCC(Nc3nc(Nc4cccc(C(F)(F)F)c4)nc(OCC(F)(F)F)n3)CC2)c1. The van der Waals surface area contributed by atoms with E-state index in [-0.39, 0.29) is 41.6 Å². The highest BCUT2D eigenvalue weighted by atomic mass is 32.2. The van der Waals surface area contributed by atoms with E-state index in [1.807, 2.05) is 6.07 Å². The number of halogens is 6. The predicted octanol–water partition coefficient (Wildman–Crippen LogP) is 5.46. The molecule has 222 valence electrons. The normalized spacial score (nSPS) is 15.5. The van der Waals surface area contributed by atoms with Crippen molar-refractivity contribution in [3.05, 3.63) is 59.2 Å². The average Bonchev–Trinajstić information content (AvgIpc) is 2.86. The van der Waals surface area contributed by atoms with E-state index in [0.717, 1.165) is 29.3 Å². The lowest BCUT2D eigenvalue weighted by Gasteiger charge is -2.31. The van der Waals surface area contributed by atoms with E-state index in [9.17, 15) is 34.8 Å². The van der Waals surface area contributed by atoms with Crippen LogP contribution in [-0.2, 0) is 16.2 Å². The molecule has 2 heterocycles. The maximum Gasteiger partial charge on any atom is 0.422 e. The van der Waals surface area contributed by atoms with Crippen molar-refractivity contribution >= 4 is 27.6 Å². The highest BCUT2D eigenvalue weighted by Gasteiger charge is 2.32. The highest BCUT2D eigenvalue weighted by molar-refractivity contribution is 7.89. The molecule has 0 saturated carbocycles. The zero-order chi connectivity index (χ0) is 30.0. The number of ether oxygens (including phenoxy) is 1. The fraction of sp³-hybridized carbons (Fsp3) is 0.400. The molecule has 1 fully saturated rings. The minimum absolute atomic E-state index is 0.0661. The molecule has 1 aliphatic heterocycles. The standard InChI is InChI=1S/C25H26F6N6O3S/c1-15-10-16(2)12-20(11-15)41(38,39)37-8-6-18(7-9-37)32-21-34-22(36-23(35-21)40-14-24(26,27)28)33-19-5-3-4-17(13-19)25(29,30)31/h3-5,10-13,18H,6-9,14H2,1-2H3,(H2,32,33,34,35,36). The molecule has 0 spiro atoms. The molecule has 9 nitrogen and oxygen atoms in total. The smallest absolute Gasteiger partial charge is 0.422 e. The van der Waals surface area contributed by atoms with Gasteiger partial charge in [0.2, 0.25) is 21.9 Å². The fourth-order valence-corrected chi connectivity index (χ4v) is 5.90. The van der Waals surface area contributed by atoms with Crippen LogP contribution >= 0.6 is 0 Å². The number of nitrogens with one attached hydrogen (secondary N) is 2. The van der Waals surface area contributed by atoms with E-state index in [0.29, 0.717) is 12.8 Å². The highest BCUT2D eigenvalue weighted by Crippen LogP contribution is 2.31. The van der Waals surface area contributed by atoms with Crippen molar-refractivity contribution in [1.82, 2.24) is 19.3 Å². The summed E-state index contributed by atoms with van der Waals surface area (Å²) in [5.41, 5.74) is 0.607. The molecule has 1 saturated heterocycles. The Balaban J connectivity index is 1.50. The van der Waals surface area contributed by atoms with Gasteiger partial charge in [0.1, 0.15) is 0 Å². The second-order valence-electron chi connectivity index (χ2n) is 9.52. The van der Waals surface area contributed by atoms with Gasteiger partial charge in [-0.25, -0.2) is 8.42 Å². The molecule has 0 radical (unpaired) electrons. The van der Waals surface area contributed by atoms with Gasteiger partial charge in [-0.15, -0.1) is 0 Å². The number of rotatable bonds is 8. The van der Waals surface area contributed by atoms with Crippen LogP contribution in [0, 0.1) is 13.8 Å². The first kappa shape index (κ1) is 30.3. The lowest BCUT2D eigenvalue weighted by atomic mass is 10.1. The van der Waals surface area contributed by atoms with Crippen LogP contribution in [0.25, 0.3) is 0 Å². The van der Waals surface area contributed by atoms with Crippen molar-refractivity contribution in [2.75, 3.05) is 30.3 Å². The van der Waals surface area contributed by atoms with Crippen LogP contribution in [0.4, 0.5) is 43.9 Å². The topological polar surface area (TPSA) is 109 Å². The second kappa shape index (κ2) is 11.7. The third kappa shape index (κ3) is 8.19. The van der Waals surface area contributed by atoms with Crippen molar-refractivity contribution in [2.24, 2.45) is 0 Å². The molecule has 0 unspecified atom stereocenters. The molecule has 2 aromatic carbocycles. The van der Waals surface area contributed by atoms with E-state index in [2.05, 4.69) is 30.3 Å². The van der Waals surface area contributed by atoms with Crippen LogP contribution in [-0.4, -0.2) is 59.6 Å². The summed E-state index contributed by atoms with van der Waals surface area (Å²) >= 11 is 0. The molecule has 1 aliphatic rings. The molecule has 2 N–H and O–H groups in total. The van der Waals surface area contributed by atoms with Crippen LogP contribution < -0.4 is 15.4 Å². The van der Waals surface area contributed by atoms with Crippen molar-refractivity contribution in [1.29, 1.82) is 0 Å². The van der Waals surface area contributed by atoms with Crippen molar-refractivity contribution in [3.8, 4) is 6.01 Å². The zero-order valence-corrected chi connectivity index (χ0v) is 22.7. The minimum Gasteiger partial charge on any atom is -0.454 e. The Hall–Kier alpha value is -3.66. The van der Waals surface area contributed by atoms with Crippen LogP contribution in [0.1, 0.15) is 29.5 Å². The van der Waals surface area contributed by atoms with Gasteiger partial charge in [-0.2, -0.15) is 45.6 Å². The van der Waals surface area contributed by atoms with Gasteiger partial charge in [-0.05, 0) is 68.1 Å². The second-order valence-corrected chi connectivity index (χ2v) is 11.5. The summed E-state index contributed by atoms with van der Waals surface area (Å²) in [5.74, 6) is -0.545. The van der Waals surface area contributed by atoms with Gasteiger partial charge in [0.05, 0.1) is 10.5 Å². The van der Waals surface area contributed by atoms with Gasteiger partial charge in [0.15, 0.2) is 6.61 Å². The predicted molar refractivity (Wildman–Crippen MR) is 137 cm³/mol. The van der Waals surface area contributed by atoms with Gasteiger partial charge in [0, 0.05) is 24.8 Å². The van der Waals surface area contributed by atoms with Gasteiger partial charge >= 0.3 is 18.4 Å². The number of nitrogens with zero attached hydrogens (tertiary/aromatic N) is 4. The third-order valence-electron chi connectivity index (χ3n) is 6.05. The molecule has 0 atom stereocenters. The number of piperidine rings is 1. The Morgan fingerprint density at radius 1 is 0.927 bits per heavy atom. The molecular formula is C25H26F6N6O3S. The van der Waals surface area contributed by atoms with Crippen molar-refractivity contribution in [3.63, 3.8) is 0 Å². The first-order valence-corrected chi connectivity index (χ1v) is 13.8. The van der Waals surface area contributed by atoms with E-state index >= 15 is 0 Å². The summed E-state index contributed by atoms with van der Waals surface area (Å²) in [6, 6.07) is 8.09. The maximum atomic E-state index is 13.1. The first-order valence-electron chi connectivity index (χ1n) is 12.3. The number of hydrogen-bond acceptors (Lipinski definition) is 8. The molecule has 4 rings (SSSR count). The number of anilines is 3.